The van der Waals surface area contributed by atoms with Crippen molar-refractivity contribution in [1.29, 1.82) is 0 Å². The lowest BCUT2D eigenvalue weighted by atomic mass is 10.1. The summed E-state index contributed by atoms with van der Waals surface area (Å²) < 4.78 is 33.3. The molecule has 0 spiro atoms. The first-order valence-corrected chi connectivity index (χ1v) is 11.5. The van der Waals surface area contributed by atoms with Gasteiger partial charge in [0.25, 0.3) is 10.0 Å². The molecule has 162 valence electrons. The largest absolute Gasteiger partial charge is 0.494 e. The molecular formula is C24H26N2O4S. The summed E-state index contributed by atoms with van der Waals surface area (Å²) in [5.74, 6) is 0.192. The molecule has 0 aliphatic carbocycles. The van der Waals surface area contributed by atoms with Gasteiger partial charge in [-0.15, -0.1) is 0 Å². The Hall–Kier alpha value is -3.32. The Bertz CT molecular complexity index is 1090. The minimum atomic E-state index is -3.96. The van der Waals surface area contributed by atoms with Gasteiger partial charge in [0.15, 0.2) is 0 Å². The highest BCUT2D eigenvalue weighted by atomic mass is 32.2. The van der Waals surface area contributed by atoms with E-state index in [0.717, 1.165) is 9.87 Å². The topological polar surface area (TPSA) is 75.7 Å². The maximum absolute atomic E-state index is 13.4. The number of hydrogen-bond acceptors (Lipinski definition) is 4. The molecule has 0 saturated carbocycles. The SMILES string of the molecule is CCOc1ccc(S(=O)(=O)N(CC(=O)N[C@H](C)c2ccccc2)c2ccccc2)cc1. The summed E-state index contributed by atoms with van der Waals surface area (Å²) in [6.45, 7) is 3.87. The fourth-order valence-electron chi connectivity index (χ4n) is 3.15. The van der Waals surface area contributed by atoms with Crippen molar-refractivity contribution in [3.63, 3.8) is 0 Å². The highest BCUT2D eigenvalue weighted by Gasteiger charge is 2.27. The Morgan fingerprint density at radius 1 is 0.935 bits per heavy atom. The molecule has 0 aliphatic rings. The van der Waals surface area contributed by atoms with Crippen molar-refractivity contribution in [2.75, 3.05) is 17.5 Å². The Morgan fingerprint density at radius 3 is 2.10 bits per heavy atom. The number of nitrogens with zero attached hydrogens (tertiary/aromatic N) is 1. The van der Waals surface area contributed by atoms with Gasteiger partial charge in [-0.25, -0.2) is 8.42 Å². The second kappa shape index (κ2) is 10.1. The third-order valence-corrected chi connectivity index (χ3v) is 6.52. The van der Waals surface area contributed by atoms with Crippen LogP contribution in [0.5, 0.6) is 5.75 Å². The lowest BCUT2D eigenvalue weighted by molar-refractivity contribution is -0.120. The first-order chi connectivity index (χ1) is 14.9. The van der Waals surface area contributed by atoms with E-state index in [1.165, 1.54) is 12.1 Å². The fourth-order valence-corrected chi connectivity index (χ4v) is 4.57. The first kappa shape index (κ1) is 22.4. The second-order valence-electron chi connectivity index (χ2n) is 6.95. The van der Waals surface area contributed by atoms with Gasteiger partial charge in [-0.1, -0.05) is 48.5 Å². The van der Waals surface area contributed by atoms with Crippen LogP contribution in [0.25, 0.3) is 0 Å². The zero-order valence-corrected chi connectivity index (χ0v) is 18.4. The predicted molar refractivity (Wildman–Crippen MR) is 122 cm³/mol. The number of carbonyl (C=O) groups is 1. The van der Waals surface area contributed by atoms with Crippen LogP contribution in [0.2, 0.25) is 0 Å². The summed E-state index contributed by atoms with van der Waals surface area (Å²) in [5.41, 5.74) is 1.36. The summed E-state index contributed by atoms with van der Waals surface area (Å²) in [6, 6.07) is 24.1. The molecule has 0 bridgehead atoms. The van der Waals surface area contributed by atoms with Gasteiger partial charge in [-0.3, -0.25) is 9.10 Å². The number of sulfonamides is 1. The number of ether oxygens (including phenoxy) is 1. The number of amides is 1. The minimum Gasteiger partial charge on any atom is -0.494 e. The molecule has 0 fully saturated rings. The van der Waals surface area contributed by atoms with E-state index < -0.39 is 15.9 Å². The molecule has 6 nitrogen and oxygen atoms in total. The average molecular weight is 439 g/mol. The lowest BCUT2D eigenvalue weighted by Gasteiger charge is -2.25. The number of nitrogens with one attached hydrogen (secondary N) is 1. The van der Waals surface area contributed by atoms with Crippen LogP contribution in [0, 0.1) is 0 Å². The molecule has 1 N–H and O–H groups in total. The third kappa shape index (κ3) is 5.64. The van der Waals surface area contributed by atoms with Crippen LogP contribution in [0.4, 0.5) is 5.69 Å². The number of carbonyl (C=O) groups excluding carboxylic acids is 1. The number of hydrogen-bond donors (Lipinski definition) is 1. The highest BCUT2D eigenvalue weighted by Crippen LogP contribution is 2.25. The third-order valence-electron chi connectivity index (χ3n) is 4.73. The van der Waals surface area contributed by atoms with Crippen LogP contribution in [-0.2, 0) is 14.8 Å². The van der Waals surface area contributed by atoms with Crippen LogP contribution in [0.3, 0.4) is 0 Å². The summed E-state index contributed by atoms with van der Waals surface area (Å²) in [6.07, 6.45) is 0. The summed E-state index contributed by atoms with van der Waals surface area (Å²) >= 11 is 0. The highest BCUT2D eigenvalue weighted by molar-refractivity contribution is 7.92. The zero-order valence-electron chi connectivity index (χ0n) is 17.6. The molecule has 3 aromatic carbocycles. The monoisotopic (exact) mass is 438 g/mol. The fraction of sp³-hybridized carbons (Fsp3) is 0.208. The van der Waals surface area contributed by atoms with Gasteiger partial charge in [0.2, 0.25) is 5.91 Å². The Morgan fingerprint density at radius 2 is 1.52 bits per heavy atom. The van der Waals surface area contributed by atoms with Crippen molar-refractivity contribution >= 4 is 21.6 Å². The minimum absolute atomic E-state index is 0.0868. The molecule has 0 saturated heterocycles. The summed E-state index contributed by atoms with van der Waals surface area (Å²) in [7, 11) is -3.96. The lowest BCUT2D eigenvalue weighted by Crippen LogP contribution is -2.41. The normalized spacial score (nSPS) is 12.1. The molecule has 0 radical (unpaired) electrons. The maximum atomic E-state index is 13.4. The van der Waals surface area contributed by atoms with Gasteiger partial charge in [-0.05, 0) is 55.8 Å². The quantitative estimate of drug-likeness (QED) is 0.544. The molecule has 0 unspecified atom stereocenters. The second-order valence-corrected chi connectivity index (χ2v) is 8.81. The van der Waals surface area contributed by atoms with Gasteiger partial charge in [0.1, 0.15) is 12.3 Å². The molecule has 31 heavy (non-hydrogen) atoms. The Labute approximate surface area is 183 Å². The number of rotatable bonds is 9. The van der Waals surface area contributed by atoms with E-state index in [1.54, 1.807) is 42.5 Å². The Balaban J connectivity index is 1.85. The molecule has 3 rings (SSSR count). The van der Waals surface area contributed by atoms with Gasteiger partial charge in [0.05, 0.1) is 23.2 Å². The van der Waals surface area contributed by atoms with Gasteiger partial charge in [-0.2, -0.15) is 0 Å². The van der Waals surface area contributed by atoms with Gasteiger partial charge < -0.3 is 10.1 Å². The molecule has 0 aliphatic heterocycles. The van der Waals surface area contributed by atoms with Crippen molar-refractivity contribution in [2.45, 2.75) is 24.8 Å². The van der Waals surface area contributed by atoms with Crippen LogP contribution < -0.4 is 14.4 Å². The molecule has 7 heteroatoms. The van der Waals surface area contributed by atoms with Crippen LogP contribution in [0.15, 0.2) is 89.8 Å². The Kier molecular flexibility index (Phi) is 7.31. The van der Waals surface area contributed by atoms with Gasteiger partial charge in [0, 0.05) is 0 Å². The summed E-state index contributed by atoms with van der Waals surface area (Å²) in [5, 5.41) is 2.88. The van der Waals surface area contributed by atoms with E-state index in [4.69, 9.17) is 4.74 Å². The maximum Gasteiger partial charge on any atom is 0.264 e. The van der Waals surface area contributed by atoms with E-state index in [-0.39, 0.29) is 17.5 Å². The smallest absolute Gasteiger partial charge is 0.264 e. The van der Waals surface area contributed by atoms with Crippen molar-refractivity contribution in [3.05, 3.63) is 90.5 Å². The van der Waals surface area contributed by atoms with Crippen LogP contribution >= 0.6 is 0 Å². The van der Waals surface area contributed by atoms with E-state index in [2.05, 4.69) is 5.32 Å². The number of benzene rings is 3. The van der Waals surface area contributed by atoms with Crippen LogP contribution in [-0.4, -0.2) is 27.5 Å². The van der Waals surface area contributed by atoms with Crippen molar-refractivity contribution < 1.29 is 17.9 Å². The van der Waals surface area contributed by atoms with Crippen LogP contribution in [0.1, 0.15) is 25.5 Å². The van der Waals surface area contributed by atoms with Crippen molar-refractivity contribution in [2.24, 2.45) is 0 Å². The predicted octanol–water partition coefficient (Wildman–Crippen LogP) is 4.16. The van der Waals surface area contributed by atoms with E-state index in [9.17, 15) is 13.2 Å². The molecule has 1 atom stereocenters. The zero-order chi connectivity index (χ0) is 22.3. The standard InChI is InChI=1S/C24H26N2O4S/c1-3-30-22-14-16-23(17-15-22)31(28,29)26(21-12-8-5-9-13-21)18-24(27)25-19(2)20-10-6-4-7-11-20/h4-17,19H,3,18H2,1-2H3,(H,25,27)/t19-/m1/s1. The van der Waals surface area contributed by atoms with Crippen molar-refractivity contribution in [3.8, 4) is 5.75 Å². The molecular weight excluding hydrogens is 412 g/mol. The van der Waals surface area contributed by atoms with E-state index in [0.29, 0.717) is 18.0 Å². The average Bonchev–Trinajstić information content (AvgIpc) is 2.79. The van der Waals surface area contributed by atoms with Gasteiger partial charge >= 0.3 is 0 Å². The molecule has 3 aromatic rings. The molecule has 1 amide bonds. The molecule has 0 heterocycles. The van der Waals surface area contributed by atoms with Crippen molar-refractivity contribution in [1.82, 2.24) is 5.32 Å². The summed E-state index contributed by atoms with van der Waals surface area (Å²) in [4.78, 5) is 12.9. The van der Waals surface area contributed by atoms with E-state index in [1.807, 2.05) is 44.2 Å². The number of para-hydroxylation sites is 1. The van der Waals surface area contributed by atoms with E-state index >= 15 is 0 Å². The number of anilines is 1. The first-order valence-electron chi connectivity index (χ1n) is 10.1. The molecule has 0 aromatic heterocycles.